The quantitative estimate of drug-likeness (QED) is 0.567. The molecule has 1 heterocycles. The molecule has 3 aliphatic rings. The molecule has 0 bridgehead atoms. The Labute approximate surface area is 106 Å². The van der Waals surface area contributed by atoms with Crippen molar-refractivity contribution >= 4 is 0 Å². The van der Waals surface area contributed by atoms with E-state index in [-0.39, 0.29) is 5.60 Å². The average molecular weight is 234 g/mol. The summed E-state index contributed by atoms with van der Waals surface area (Å²) in [5.41, 5.74) is 2.69. The van der Waals surface area contributed by atoms with Crippen molar-refractivity contribution in [3.8, 4) is 0 Å². The molecule has 1 saturated heterocycles. The van der Waals surface area contributed by atoms with Crippen LogP contribution in [0.4, 0.5) is 0 Å². The van der Waals surface area contributed by atoms with Crippen LogP contribution in [0.25, 0.3) is 0 Å². The first-order valence-electron chi connectivity index (χ1n) is 7.24. The van der Waals surface area contributed by atoms with Crippen molar-refractivity contribution < 1.29 is 4.74 Å². The Morgan fingerprint density at radius 1 is 1.18 bits per heavy atom. The molecule has 17 heavy (non-hydrogen) atoms. The molecule has 0 N–H and O–H groups in total. The van der Waals surface area contributed by atoms with Gasteiger partial charge in [-0.2, -0.15) is 0 Å². The van der Waals surface area contributed by atoms with Crippen molar-refractivity contribution in [2.45, 2.75) is 65.4 Å². The van der Waals surface area contributed by atoms with Gasteiger partial charge in [-0.15, -0.1) is 0 Å². The zero-order valence-corrected chi connectivity index (χ0v) is 11.8. The first-order chi connectivity index (χ1) is 7.89. The molecule has 3 rings (SSSR count). The Balaban J connectivity index is 2.07. The lowest BCUT2D eigenvalue weighted by atomic mass is 9.50. The van der Waals surface area contributed by atoms with E-state index in [0.717, 1.165) is 18.9 Å². The zero-order valence-electron chi connectivity index (χ0n) is 11.8. The Hall–Kier alpha value is -0.300. The largest absolute Gasteiger partial charge is 0.375 e. The second-order valence-corrected chi connectivity index (χ2v) is 7.48. The summed E-state index contributed by atoms with van der Waals surface area (Å²) in [6, 6.07) is 0. The molecule has 0 amide bonds. The van der Waals surface area contributed by atoms with E-state index in [4.69, 9.17) is 4.74 Å². The number of hydrogen-bond acceptors (Lipinski definition) is 1. The summed E-state index contributed by atoms with van der Waals surface area (Å²) < 4.78 is 6.08. The smallest absolute Gasteiger partial charge is 0.0726 e. The van der Waals surface area contributed by atoms with Crippen molar-refractivity contribution in [3.05, 3.63) is 11.6 Å². The Bertz CT molecular complexity index is 368. The summed E-state index contributed by atoms with van der Waals surface area (Å²) in [5.74, 6) is 0.745. The van der Waals surface area contributed by atoms with Gasteiger partial charge in [-0.05, 0) is 49.4 Å². The highest BCUT2D eigenvalue weighted by Gasteiger charge is 2.56. The second-order valence-electron chi connectivity index (χ2n) is 7.48. The third-order valence-corrected chi connectivity index (χ3v) is 5.90. The van der Waals surface area contributed by atoms with Gasteiger partial charge in [-0.25, -0.2) is 0 Å². The molecule has 0 aromatic carbocycles. The first kappa shape index (κ1) is 11.8. The van der Waals surface area contributed by atoms with Crippen molar-refractivity contribution in [2.75, 3.05) is 6.61 Å². The lowest BCUT2D eigenvalue weighted by Gasteiger charge is -2.55. The van der Waals surface area contributed by atoms with E-state index >= 15 is 0 Å². The van der Waals surface area contributed by atoms with Gasteiger partial charge in [0.15, 0.2) is 0 Å². The van der Waals surface area contributed by atoms with Gasteiger partial charge < -0.3 is 4.74 Å². The molecular weight excluding hydrogens is 208 g/mol. The fourth-order valence-corrected chi connectivity index (χ4v) is 5.13. The molecule has 2 aliphatic carbocycles. The van der Waals surface area contributed by atoms with Crippen LogP contribution >= 0.6 is 0 Å². The normalized spacial score (nSPS) is 48.2. The van der Waals surface area contributed by atoms with E-state index in [1.807, 2.05) is 0 Å². The summed E-state index contributed by atoms with van der Waals surface area (Å²) in [4.78, 5) is 0. The highest BCUT2D eigenvalue weighted by molar-refractivity contribution is 5.30. The van der Waals surface area contributed by atoms with E-state index in [1.165, 1.54) is 25.7 Å². The lowest BCUT2D eigenvalue weighted by Crippen LogP contribution is -2.50. The highest BCUT2D eigenvalue weighted by Crippen LogP contribution is 2.62. The third-order valence-electron chi connectivity index (χ3n) is 5.90. The number of rotatable bonds is 0. The minimum Gasteiger partial charge on any atom is -0.375 e. The zero-order chi connectivity index (χ0) is 12.3. The maximum Gasteiger partial charge on any atom is 0.0726 e. The first-order valence-corrected chi connectivity index (χ1v) is 7.24. The van der Waals surface area contributed by atoms with E-state index in [0.29, 0.717) is 10.8 Å². The monoisotopic (exact) mass is 234 g/mol. The standard InChI is InChI=1S/C16H26O/c1-14(2)8-5-9-15(3)12(14)6-10-16(4)13(15)7-11-17-16/h6,13H,5,7-11H2,1-4H3. The van der Waals surface area contributed by atoms with E-state index in [1.54, 1.807) is 5.57 Å². The van der Waals surface area contributed by atoms with Crippen LogP contribution in [-0.2, 0) is 4.74 Å². The minimum atomic E-state index is 0.131. The highest BCUT2D eigenvalue weighted by atomic mass is 16.5. The van der Waals surface area contributed by atoms with Crippen LogP contribution in [0.3, 0.4) is 0 Å². The maximum absolute atomic E-state index is 6.08. The molecule has 0 aromatic rings. The number of hydrogen-bond donors (Lipinski definition) is 0. The summed E-state index contributed by atoms with van der Waals surface area (Å²) in [6.07, 6.45) is 9.03. The molecule has 1 heteroatoms. The van der Waals surface area contributed by atoms with E-state index < -0.39 is 0 Å². The van der Waals surface area contributed by atoms with Gasteiger partial charge in [0.05, 0.1) is 5.60 Å². The Morgan fingerprint density at radius 2 is 1.94 bits per heavy atom. The van der Waals surface area contributed by atoms with Crippen molar-refractivity contribution in [3.63, 3.8) is 0 Å². The number of allylic oxidation sites excluding steroid dienone is 1. The lowest BCUT2D eigenvalue weighted by molar-refractivity contribution is -0.0523. The van der Waals surface area contributed by atoms with Crippen molar-refractivity contribution in [1.82, 2.24) is 0 Å². The van der Waals surface area contributed by atoms with Crippen LogP contribution in [0, 0.1) is 16.7 Å². The predicted octanol–water partition coefficient (Wildman–Crippen LogP) is 4.33. The fraction of sp³-hybridized carbons (Fsp3) is 0.875. The summed E-state index contributed by atoms with van der Waals surface area (Å²) >= 11 is 0. The van der Waals surface area contributed by atoms with Crippen LogP contribution in [0.1, 0.15) is 59.8 Å². The van der Waals surface area contributed by atoms with Gasteiger partial charge in [-0.3, -0.25) is 0 Å². The van der Waals surface area contributed by atoms with Gasteiger partial charge >= 0.3 is 0 Å². The van der Waals surface area contributed by atoms with E-state index in [9.17, 15) is 0 Å². The molecule has 3 unspecified atom stereocenters. The van der Waals surface area contributed by atoms with Crippen molar-refractivity contribution in [1.29, 1.82) is 0 Å². The van der Waals surface area contributed by atoms with Crippen LogP contribution < -0.4 is 0 Å². The minimum absolute atomic E-state index is 0.131. The summed E-state index contributed by atoms with van der Waals surface area (Å²) in [7, 11) is 0. The SMILES string of the molecule is CC1(C)CCCC2(C)C1=CCC1(C)OCCC12. The Kier molecular flexibility index (Phi) is 2.34. The molecule has 2 fully saturated rings. The Morgan fingerprint density at radius 3 is 2.71 bits per heavy atom. The van der Waals surface area contributed by atoms with E-state index in [2.05, 4.69) is 33.8 Å². The van der Waals surface area contributed by atoms with Crippen LogP contribution in [-0.4, -0.2) is 12.2 Å². The van der Waals surface area contributed by atoms with Gasteiger partial charge in [0, 0.05) is 6.61 Å². The number of ether oxygens (including phenoxy) is 1. The van der Waals surface area contributed by atoms with Gasteiger partial charge in [0.25, 0.3) is 0 Å². The molecule has 0 spiro atoms. The average Bonchev–Trinajstić information content (AvgIpc) is 2.60. The van der Waals surface area contributed by atoms with Gasteiger partial charge in [-0.1, -0.05) is 38.8 Å². The molecule has 1 nitrogen and oxygen atoms in total. The summed E-state index contributed by atoms with van der Waals surface area (Å²) in [6.45, 7) is 10.7. The molecule has 0 radical (unpaired) electrons. The second kappa shape index (κ2) is 3.38. The van der Waals surface area contributed by atoms with Gasteiger partial charge in [0.1, 0.15) is 0 Å². The molecule has 3 atom stereocenters. The van der Waals surface area contributed by atoms with Crippen molar-refractivity contribution in [2.24, 2.45) is 16.7 Å². The molecule has 1 aliphatic heterocycles. The van der Waals surface area contributed by atoms with Crippen LogP contribution in [0.15, 0.2) is 11.6 Å². The predicted molar refractivity (Wildman–Crippen MR) is 70.9 cm³/mol. The number of fused-ring (bicyclic) bond motifs is 3. The molecule has 96 valence electrons. The van der Waals surface area contributed by atoms with Gasteiger partial charge in [0.2, 0.25) is 0 Å². The van der Waals surface area contributed by atoms with Crippen LogP contribution in [0.5, 0.6) is 0 Å². The maximum atomic E-state index is 6.08. The molecule has 1 saturated carbocycles. The fourth-order valence-electron chi connectivity index (χ4n) is 5.13. The molecular formula is C16H26O. The van der Waals surface area contributed by atoms with Crippen LogP contribution in [0.2, 0.25) is 0 Å². The molecule has 0 aromatic heterocycles. The topological polar surface area (TPSA) is 9.23 Å². The third kappa shape index (κ3) is 1.47. The summed E-state index contributed by atoms with van der Waals surface area (Å²) in [5, 5.41) is 0.